The molecule has 0 spiro atoms. The molecule has 19 heavy (non-hydrogen) atoms. The van der Waals surface area contributed by atoms with Crippen molar-refractivity contribution in [2.24, 2.45) is 5.41 Å². The van der Waals surface area contributed by atoms with Crippen LogP contribution in [0, 0.1) is 5.41 Å². The van der Waals surface area contributed by atoms with Crippen molar-refractivity contribution in [3.05, 3.63) is 0 Å². The molecule has 0 heterocycles. The molecule has 0 radical (unpaired) electrons. The van der Waals surface area contributed by atoms with Crippen molar-refractivity contribution in [1.82, 2.24) is 10.6 Å². The molecule has 2 amide bonds. The van der Waals surface area contributed by atoms with Crippen molar-refractivity contribution >= 4 is 12.0 Å². The lowest BCUT2D eigenvalue weighted by Crippen LogP contribution is -2.50. The number of carboxylic acid groups (broad SMARTS) is 1. The Morgan fingerprint density at radius 3 is 2.47 bits per heavy atom. The summed E-state index contributed by atoms with van der Waals surface area (Å²) in [6.07, 6.45) is 6.67. The molecule has 0 aliphatic heterocycles. The van der Waals surface area contributed by atoms with E-state index in [1.165, 1.54) is 12.8 Å². The Labute approximate surface area is 115 Å². The van der Waals surface area contributed by atoms with Gasteiger partial charge in [-0.2, -0.15) is 0 Å². The standard InChI is InChI=1S/C14H26N2O3/c1-3-4-5-7-11(2)16-13(19)15-10-14(12(17)18)8-6-9-14/h11H,3-10H2,1-2H3,(H,17,18)(H2,15,16,19). The highest BCUT2D eigenvalue weighted by molar-refractivity contribution is 5.78. The number of hydrogen-bond acceptors (Lipinski definition) is 2. The summed E-state index contributed by atoms with van der Waals surface area (Å²) in [6.45, 7) is 4.36. The molecule has 1 atom stereocenters. The summed E-state index contributed by atoms with van der Waals surface area (Å²) in [4.78, 5) is 22.8. The third kappa shape index (κ3) is 4.73. The van der Waals surface area contributed by atoms with Gasteiger partial charge in [-0.25, -0.2) is 4.79 Å². The Kier molecular flexibility index (Phi) is 6.12. The quantitative estimate of drug-likeness (QED) is 0.593. The first-order chi connectivity index (χ1) is 9.00. The van der Waals surface area contributed by atoms with Crippen LogP contribution in [0.3, 0.4) is 0 Å². The molecule has 0 aromatic heterocycles. The normalized spacial score (nSPS) is 18.2. The molecule has 5 nitrogen and oxygen atoms in total. The summed E-state index contributed by atoms with van der Waals surface area (Å²) in [5.74, 6) is -0.796. The van der Waals surface area contributed by atoms with Gasteiger partial charge in [0, 0.05) is 12.6 Å². The van der Waals surface area contributed by atoms with Gasteiger partial charge in [-0.1, -0.05) is 32.6 Å². The number of amides is 2. The molecule has 0 saturated heterocycles. The summed E-state index contributed by atoms with van der Waals surface area (Å²) in [7, 11) is 0. The maximum Gasteiger partial charge on any atom is 0.315 e. The van der Waals surface area contributed by atoms with Crippen molar-refractivity contribution in [2.75, 3.05) is 6.54 Å². The fraction of sp³-hybridized carbons (Fsp3) is 0.857. The van der Waals surface area contributed by atoms with E-state index in [0.29, 0.717) is 12.8 Å². The Hall–Kier alpha value is -1.26. The van der Waals surface area contributed by atoms with Crippen LogP contribution in [0.25, 0.3) is 0 Å². The smallest absolute Gasteiger partial charge is 0.315 e. The molecule has 5 heteroatoms. The van der Waals surface area contributed by atoms with Gasteiger partial charge in [0.25, 0.3) is 0 Å². The molecular formula is C14H26N2O3. The van der Waals surface area contributed by atoms with Crippen molar-refractivity contribution in [3.63, 3.8) is 0 Å². The minimum absolute atomic E-state index is 0.133. The van der Waals surface area contributed by atoms with Crippen molar-refractivity contribution in [3.8, 4) is 0 Å². The lowest BCUT2D eigenvalue weighted by Gasteiger charge is -2.37. The predicted octanol–water partition coefficient (Wildman–Crippen LogP) is 2.51. The first kappa shape index (κ1) is 15.8. The van der Waals surface area contributed by atoms with Crippen LogP contribution in [-0.2, 0) is 4.79 Å². The molecule has 1 fully saturated rings. The van der Waals surface area contributed by atoms with Crippen LogP contribution in [0.4, 0.5) is 4.79 Å². The summed E-state index contributed by atoms with van der Waals surface area (Å²) >= 11 is 0. The van der Waals surface area contributed by atoms with E-state index in [-0.39, 0.29) is 18.6 Å². The number of rotatable bonds is 8. The predicted molar refractivity (Wildman–Crippen MR) is 74.1 cm³/mol. The number of urea groups is 1. The highest BCUT2D eigenvalue weighted by atomic mass is 16.4. The lowest BCUT2D eigenvalue weighted by atomic mass is 9.69. The largest absolute Gasteiger partial charge is 0.481 e. The second-order valence-corrected chi connectivity index (χ2v) is 5.66. The number of carboxylic acids is 1. The van der Waals surface area contributed by atoms with Crippen LogP contribution in [0.5, 0.6) is 0 Å². The third-order valence-corrected chi connectivity index (χ3v) is 3.97. The van der Waals surface area contributed by atoms with Crippen LogP contribution in [0.1, 0.15) is 58.8 Å². The monoisotopic (exact) mass is 270 g/mol. The average molecular weight is 270 g/mol. The third-order valence-electron chi connectivity index (χ3n) is 3.97. The molecule has 1 unspecified atom stereocenters. The molecule has 0 aromatic rings. The summed E-state index contributed by atoms with van der Waals surface area (Å²) in [5, 5.41) is 14.7. The molecule has 1 saturated carbocycles. The van der Waals surface area contributed by atoms with Crippen LogP contribution in [-0.4, -0.2) is 29.7 Å². The van der Waals surface area contributed by atoms with E-state index in [1.54, 1.807) is 0 Å². The summed E-state index contributed by atoms with van der Waals surface area (Å²) < 4.78 is 0. The van der Waals surface area contributed by atoms with E-state index in [4.69, 9.17) is 5.11 Å². The maximum absolute atomic E-state index is 11.7. The average Bonchev–Trinajstić information content (AvgIpc) is 2.27. The second kappa shape index (κ2) is 7.36. The Bertz CT molecular complexity index is 314. The van der Waals surface area contributed by atoms with Gasteiger partial charge in [-0.15, -0.1) is 0 Å². The fourth-order valence-electron chi connectivity index (χ4n) is 2.37. The summed E-state index contributed by atoms with van der Waals surface area (Å²) in [5.41, 5.74) is -0.719. The Balaban J connectivity index is 2.22. The first-order valence-corrected chi connectivity index (χ1v) is 7.28. The van der Waals surface area contributed by atoms with Gasteiger partial charge >= 0.3 is 12.0 Å². The SMILES string of the molecule is CCCCCC(C)NC(=O)NCC1(C(=O)O)CCC1. The molecule has 3 N–H and O–H groups in total. The highest BCUT2D eigenvalue weighted by Crippen LogP contribution is 2.40. The number of unbranched alkanes of at least 4 members (excludes halogenated alkanes) is 2. The topological polar surface area (TPSA) is 78.4 Å². The number of hydrogen-bond donors (Lipinski definition) is 3. The van der Waals surface area contributed by atoms with E-state index < -0.39 is 11.4 Å². The summed E-state index contributed by atoms with van der Waals surface area (Å²) in [6, 6.07) is -0.120. The van der Waals surface area contributed by atoms with E-state index in [0.717, 1.165) is 19.3 Å². The van der Waals surface area contributed by atoms with Crippen molar-refractivity contribution in [2.45, 2.75) is 64.8 Å². The minimum Gasteiger partial charge on any atom is -0.481 e. The molecular weight excluding hydrogens is 244 g/mol. The highest BCUT2D eigenvalue weighted by Gasteiger charge is 2.44. The van der Waals surface area contributed by atoms with Gasteiger partial charge in [0.05, 0.1) is 5.41 Å². The molecule has 1 aliphatic carbocycles. The first-order valence-electron chi connectivity index (χ1n) is 7.28. The maximum atomic E-state index is 11.7. The van der Waals surface area contributed by atoms with E-state index in [1.807, 2.05) is 6.92 Å². The van der Waals surface area contributed by atoms with Gasteiger partial charge in [-0.05, 0) is 26.2 Å². The molecule has 0 bridgehead atoms. The second-order valence-electron chi connectivity index (χ2n) is 5.66. The van der Waals surface area contributed by atoms with Gasteiger partial charge in [0.2, 0.25) is 0 Å². The number of carbonyl (C=O) groups is 2. The van der Waals surface area contributed by atoms with Crippen molar-refractivity contribution < 1.29 is 14.7 Å². The molecule has 0 aromatic carbocycles. The fourth-order valence-corrected chi connectivity index (χ4v) is 2.37. The van der Waals surface area contributed by atoms with Gasteiger partial charge in [0.15, 0.2) is 0 Å². The molecule has 1 rings (SSSR count). The zero-order valence-corrected chi connectivity index (χ0v) is 12.0. The van der Waals surface area contributed by atoms with Gasteiger partial charge in [0.1, 0.15) is 0 Å². The number of nitrogens with one attached hydrogen (secondary N) is 2. The van der Waals surface area contributed by atoms with Crippen LogP contribution in [0.2, 0.25) is 0 Å². The number of carbonyl (C=O) groups excluding carboxylic acids is 1. The minimum atomic E-state index is -0.796. The number of aliphatic carboxylic acids is 1. The van der Waals surface area contributed by atoms with Crippen LogP contribution < -0.4 is 10.6 Å². The molecule has 1 aliphatic rings. The van der Waals surface area contributed by atoms with Crippen molar-refractivity contribution in [1.29, 1.82) is 0 Å². The Morgan fingerprint density at radius 2 is 2.00 bits per heavy atom. The van der Waals surface area contributed by atoms with Crippen LogP contribution in [0.15, 0.2) is 0 Å². The van der Waals surface area contributed by atoms with E-state index in [9.17, 15) is 9.59 Å². The van der Waals surface area contributed by atoms with Gasteiger partial charge < -0.3 is 15.7 Å². The van der Waals surface area contributed by atoms with Crippen LogP contribution >= 0.6 is 0 Å². The van der Waals surface area contributed by atoms with Gasteiger partial charge in [-0.3, -0.25) is 4.79 Å². The Morgan fingerprint density at radius 1 is 1.32 bits per heavy atom. The zero-order valence-electron chi connectivity index (χ0n) is 12.0. The van der Waals surface area contributed by atoms with E-state index >= 15 is 0 Å². The van der Waals surface area contributed by atoms with E-state index in [2.05, 4.69) is 17.6 Å². The molecule has 110 valence electrons. The zero-order chi connectivity index (χ0) is 14.3. The lowest BCUT2D eigenvalue weighted by molar-refractivity contribution is -0.153.